The molecule has 0 aromatic carbocycles. The van der Waals surface area contributed by atoms with E-state index in [0.29, 0.717) is 0 Å². The van der Waals surface area contributed by atoms with Gasteiger partial charge in [0.05, 0.1) is 0 Å². The predicted molar refractivity (Wildman–Crippen MR) is 83.8 cm³/mol. The van der Waals surface area contributed by atoms with Crippen LogP contribution in [0.5, 0.6) is 0 Å². The van der Waals surface area contributed by atoms with Crippen LogP contribution in [0.2, 0.25) is 0 Å². The molecule has 2 heterocycles. The van der Waals surface area contributed by atoms with E-state index in [1.54, 1.807) is 0 Å². The van der Waals surface area contributed by atoms with E-state index < -0.39 is 0 Å². The van der Waals surface area contributed by atoms with Crippen molar-refractivity contribution in [1.29, 1.82) is 0 Å². The maximum absolute atomic E-state index is 4.20. The first-order chi connectivity index (χ1) is 9.49. The van der Waals surface area contributed by atoms with Crippen LogP contribution in [0.3, 0.4) is 0 Å². The van der Waals surface area contributed by atoms with Crippen molar-refractivity contribution in [2.24, 2.45) is 0 Å². The molecule has 2 rings (SSSR count). The second-order valence-electron chi connectivity index (χ2n) is 6.51. The van der Waals surface area contributed by atoms with Gasteiger partial charge in [0.1, 0.15) is 0 Å². The van der Waals surface area contributed by atoms with E-state index in [1.807, 2.05) is 12.4 Å². The monoisotopic (exact) mass is 276 g/mol. The Balaban J connectivity index is 1.82. The number of aryl methyl sites for hydroxylation is 1. The van der Waals surface area contributed by atoms with Crippen LogP contribution in [0.4, 0.5) is 0 Å². The molecule has 0 bridgehead atoms. The zero-order valence-corrected chi connectivity index (χ0v) is 13.3. The molecule has 0 spiro atoms. The summed E-state index contributed by atoms with van der Waals surface area (Å²) in [4.78, 5) is 9.20. The highest BCUT2D eigenvalue weighted by Crippen LogP contribution is 2.16. The van der Waals surface area contributed by atoms with E-state index >= 15 is 0 Å². The second kappa shape index (κ2) is 6.66. The zero-order chi connectivity index (χ0) is 14.6. The fraction of sp³-hybridized carbons (Fsp3) is 0.688. The largest absolute Gasteiger partial charge is 0.311 e. The lowest BCUT2D eigenvalue weighted by Crippen LogP contribution is -2.57. The second-order valence-corrected chi connectivity index (χ2v) is 6.51. The van der Waals surface area contributed by atoms with Gasteiger partial charge in [0.25, 0.3) is 0 Å². The van der Waals surface area contributed by atoms with Crippen LogP contribution in [0.25, 0.3) is 0 Å². The number of nitrogens with zero attached hydrogens (tertiary/aromatic N) is 3. The Hall–Kier alpha value is -0.970. The molecule has 0 aliphatic carbocycles. The molecule has 1 aromatic rings. The van der Waals surface area contributed by atoms with Gasteiger partial charge in [-0.1, -0.05) is 0 Å². The van der Waals surface area contributed by atoms with Crippen molar-refractivity contribution in [2.75, 3.05) is 39.8 Å². The average molecular weight is 276 g/mol. The molecular formula is C16H28N4. The molecule has 1 aromatic heterocycles. The zero-order valence-electron chi connectivity index (χ0n) is 13.3. The topological polar surface area (TPSA) is 31.4 Å². The van der Waals surface area contributed by atoms with Gasteiger partial charge in [-0.2, -0.15) is 0 Å². The third-order valence-corrected chi connectivity index (χ3v) is 4.38. The highest BCUT2D eigenvalue weighted by atomic mass is 15.3. The van der Waals surface area contributed by atoms with Crippen LogP contribution in [0.15, 0.2) is 18.5 Å². The van der Waals surface area contributed by atoms with Gasteiger partial charge >= 0.3 is 0 Å². The number of aromatic nitrogens is 1. The van der Waals surface area contributed by atoms with Crippen LogP contribution in [-0.2, 0) is 6.54 Å². The van der Waals surface area contributed by atoms with Crippen molar-refractivity contribution in [1.82, 2.24) is 20.1 Å². The van der Waals surface area contributed by atoms with Gasteiger partial charge < -0.3 is 10.2 Å². The SMILES string of the molecule is Cc1ccncc1CNCC(C)(C)N1CCN(C)CC1. The highest BCUT2D eigenvalue weighted by molar-refractivity contribution is 5.21. The minimum absolute atomic E-state index is 0.206. The van der Waals surface area contributed by atoms with E-state index in [9.17, 15) is 0 Å². The Morgan fingerprint density at radius 3 is 2.60 bits per heavy atom. The number of piperazine rings is 1. The third kappa shape index (κ3) is 4.01. The van der Waals surface area contributed by atoms with Gasteiger partial charge in [0.2, 0.25) is 0 Å². The van der Waals surface area contributed by atoms with Crippen LogP contribution in [0, 0.1) is 6.92 Å². The van der Waals surface area contributed by atoms with Gasteiger partial charge in [0, 0.05) is 57.2 Å². The highest BCUT2D eigenvalue weighted by Gasteiger charge is 2.28. The van der Waals surface area contributed by atoms with E-state index in [0.717, 1.165) is 26.2 Å². The summed E-state index contributed by atoms with van der Waals surface area (Å²) in [6.45, 7) is 13.4. The molecule has 1 aliphatic heterocycles. The molecule has 0 saturated carbocycles. The molecule has 0 radical (unpaired) electrons. The molecule has 1 aliphatic rings. The molecule has 4 nitrogen and oxygen atoms in total. The number of rotatable bonds is 5. The fourth-order valence-corrected chi connectivity index (χ4v) is 2.71. The van der Waals surface area contributed by atoms with Gasteiger partial charge in [-0.15, -0.1) is 0 Å². The van der Waals surface area contributed by atoms with Gasteiger partial charge in [-0.25, -0.2) is 0 Å². The Bertz CT molecular complexity index is 422. The Morgan fingerprint density at radius 2 is 1.95 bits per heavy atom. The molecule has 4 heteroatoms. The Morgan fingerprint density at radius 1 is 1.25 bits per heavy atom. The van der Waals surface area contributed by atoms with Crippen LogP contribution >= 0.6 is 0 Å². The van der Waals surface area contributed by atoms with Crippen LogP contribution < -0.4 is 5.32 Å². The summed E-state index contributed by atoms with van der Waals surface area (Å²) in [6, 6.07) is 2.07. The summed E-state index contributed by atoms with van der Waals surface area (Å²) < 4.78 is 0. The molecule has 1 saturated heterocycles. The number of likely N-dealkylation sites (N-methyl/N-ethyl adjacent to an activating group) is 1. The Kier molecular flexibility index (Phi) is 5.13. The first-order valence-corrected chi connectivity index (χ1v) is 7.53. The molecule has 1 N–H and O–H groups in total. The number of hydrogen-bond donors (Lipinski definition) is 1. The minimum Gasteiger partial charge on any atom is -0.311 e. The van der Waals surface area contributed by atoms with Crippen molar-refractivity contribution < 1.29 is 0 Å². The van der Waals surface area contributed by atoms with E-state index in [1.165, 1.54) is 24.2 Å². The molecule has 0 amide bonds. The molecule has 1 fully saturated rings. The fourth-order valence-electron chi connectivity index (χ4n) is 2.71. The van der Waals surface area contributed by atoms with Gasteiger partial charge in [0.15, 0.2) is 0 Å². The molecule has 0 atom stereocenters. The van der Waals surface area contributed by atoms with Crippen molar-refractivity contribution in [2.45, 2.75) is 32.9 Å². The first-order valence-electron chi connectivity index (χ1n) is 7.53. The average Bonchev–Trinajstić information content (AvgIpc) is 2.41. The number of nitrogens with one attached hydrogen (secondary N) is 1. The van der Waals surface area contributed by atoms with Crippen LogP contribution in [0.1, 0.15) is 25.0 Å². The molecule has 0 unspecified atom stereocenters. The first kappa shape index (κ1) is 15.4. The smallest absolute Gasteiger partial charge is 0.0315 e. The minimum atomic E-state index is 0.206. The van der Waals surface area contributed by atoms with Crippen molar-refractivity contribution in [3.8, 4) is 0 Å². The standard InChI is InChI=1S/C16H28N4/c1-14-5-6-17-11-15(14)12-18-13-16(2,3)20-9-7-19(4)8-10-20/h5-6,11,18H,7-10,12-13H2,1-4H3. The quantitative estimate of drug-likeness (QED) is 0.883. The number of pyridine rings is 1. The lowest BCUT2D eigenvalue weighted by molar-refractivity contribution is 0.0618. The van der Waals surface area contributed by atoms with E-state index in [-0.39, 0.29) is 5.54 Å². The lowest BCUT2D eigenvalue weighted by atomic mass is 10.0. The summed E-state index contributed by atoms with van der Waals surface area (Å²) in [6.07, 6.45) is 3.82. The van der Waals surface area contributed by atoms with Crippen molar-refractivity contribution >= 4 is 0 Å². The van der Waals surface area contributed by atoms with Crippen molar-refractivity contribution in [3.63, 3.8) is 0 Å². The van der Waals surface area contributed by atoms with Crippen LogP contribution in [-0.4, -0.2) is 60.1 Å². The maximum atomic E-state index is 4.20. The van der Waals surface area contributed by atoms with E-state index in [2.05, 4.69) is 54.0 Å². The summed E-state index contributed by atoms with van der Waals surface area (Å²) in [5.41, 5.74) is 2.81. The summed E-state index contributed by atoms with van der Waals surface area (Å²) >= 11 is 0. The van der Waals surface area contributed by atoms with E-state index in [4.69, 9.17) is 0 Å². The van der Waals surface area contributed by atoms with Gasteiger partial charge in [-0.05, 0) is 45.0 Å². The molecule has 20 heavy (non-hydrogen) atoms. The van der Waals surface area contributed by atoms with Crippen molar-refractivity contribution in [3.05, 3.63) is 29.6 Å². The predicted octanol–water partition coefficient (Wildman–Crippen LogP) is 1.51. The Labute approximate surface area is 123 Å². The number of hydrogen-bond acceptors (Lipinski definition) is 4. The summed E-state index contributed by atoms with van der Waals surface area (Å²) in [7, 11) is 2.20. The molecule has 112 valence electrons. The molecular weight excluding hydrogens is 248 g/mol. The summed E-state index contributed by atoms with van der Waals surface area (Å²) in [5.74, 6) is 0. The van der Waals surface area contributed by atoms with Gasteiger partial charge in [-0.3, -0.25) is 9.88 Å². The maximum Gasteiger partial charge on any atom is 0.0315 e. The third-order valence-electron chi connectivity index (χ3n) is 4.38. The lowest BCUT2D eigenvalue weighted by Gasteiger charge is -2.43. The summed E-state index contributed by atoms with van der Waals surface area (Å²) in [5, 5.41) is 3.60. The normalized spacial score (nSPS) is 18.4.